The molecule has 4 saturated carbocycles. The predicted octanol–water partition coefficient (Wildman–Crippen LogP) is 0.538. The first-order valence-electron chi connectivity index (χ1n) is 10.9. The molecule has 2 bridgehead atoms. The quantitative estimate of drug-likeness (QED) is 0.406. The number of alkyl halides is 2. The Hall–Kier alpha value is -1.00. The van der Waals surface area contributed by atoms with Crippen molar-refractivity contribution < 1.29 is 23.5 Å². The van der Waals surface area contributed by atoms with Crippen LogP contribution in [-0.4, -0.2) is 73.7 Å². The number of hydrogen-bond donors (Lipinski definition) is 4. The van der Waals surface area contributed by atoms with E-state index < -0.39 is 11.5 Å². The number of carbonyl (C=O) groups excluding carboxylic acids is 2. The van der Waals surface area contributed by atoms with Gasteiger partial charge in [-0.25, -0.2) is 4.39 Å². The highest BCUT2D eigenvalue weighted by Gasteiger charge is 2.72. The van der Waals surface area contributed by atoms with Gasteiger partial charge >= 0.3 is 0 Å². The molecule has 5 unspecified atom stereocenters. The molecule has 30 heavy (non-hydrogen) atoms. The Morgan fingerprint density at radius 1 is 1.17 bits per heavy atom. The number of ether oxygens (including phenoxy) is 2. The molecule has 0 radical (unpaired) electrons. The predicted molar refractivity (Wildman–Crippen MR) is 109 cm³/mol. The molecule has 1 saturated heterocycles. The second-order valence-corrected chi connectivity index (χ2v) is 9.76. The van der Waals surface area contributed by atoms with E-state index in [2.05, 4.69) is 21.3 Å². The highest BCUT2D eigenvalue weighted by molar-refractivity contribution is 6.21. The summed E-state index contributed by atoms with van der Waals surface area (Å²) in [6.07, 6.45) is 1.96. The van der Waals surface area contributed by atoms with Gasteiger partial charge in [0.25, 0.3) is 0 Å². The molecule has 2 amide bonds. The molecule has 5 fully saturated rings. The van der Waals surface area contributed by atoms with Gasteiger partial charge in [0, 0.05) is 31.7 Å². The third-order valence-corrected chi connectivity index (χ3v) is 7.28. The molecule has 0 aromatic heterocycles. The van der Waals surface area contributed by atoms with Gasteiger partial charge < -0.3 is 20.1 Å². The Balaban J connectivity index is 1.13. The van der Waals surface area contributed by atoms with Crippen molar-refractivity contribution in [2.75, 3.05) is 26.3 Å². The first-order chi connectivity index (χ1) is 14.3. The van der Waals surface area contributed by atoms with E-state index in [0.29, 0.717) is 51.8 Å². The van der Waals surface area contributed by atoms with E-state index >= 15 is 0 Å². The smallest absolute Gasteiger partial charge is 0.246 e. The lowest BCUT2D eigenvalue weighted by atomic mass is 9.39. The first kappa shape index (κ1) is 22.2. The van der Waals surface area contributed by atoms with E-state index in [1.54, 1.807) is 0 Å². The van der Waals surface area contributed by atoms with Crippen LogP contribution < -0.4 is 21.3 Å². The molecule has 10 heteroatoms. The highest BCUT2D eigenvalue weighted by Crippen LogP contribution is 2.67. The van der Waals surface area contributed by atoms with E-state index in [0.717, 1.165) is 0 Å². The molecule has 0 spiro atoms. The van der Waals surface area contributed by atoms with Crippen LogP contribution in [0.4, 0.5) is 4.39 Å². The van der Waals surface area contributed by atoms with Crippen molar-refractivity contribution >= 4 is 23.4 Å². The summed E-state index contributed by atoms with van der Waals surface area (Å²) in [5, 5.41) is 12.1. The molecule has 1 aliphatic heterocycles. The molecule has 1 heterocycles. The lowest BCUT2D eigenvalue weighted by molar-refractivity contribution is -0.185. The number of hydrogen-bond acceptors (Lipinski definition) is 6. The number of halogens is 2. The van der Waals surface area contributed by atoms with E-state index in [1.807, 2.05) is 6.92 Å². The van der Waals surface area contributed by atoms with Crippen LogP contribution in [-0.2, 0) is 19.1 Å². The minimum absolute atomic E-state index is 0.0282. The van der Waals surface area contributed by atoms with Crippen LogP contribution in [0.5, 0.6) is 0 Å². The van der Waals surface area contributed by atoms with Crippen molar-refractivity contribution in [3.63, 3.8) is 0 Å². The maximum absolute atomic E-state index is 13.7. The van der Waals surface area contributed by atoms with Crippen LogP contribution in [0, 0.1) is 5.41 Å². The number of carbonyl (C=O) groups is 2. The Kier molecular flexibility index (Phi) is 6.56. The van der Waals surface area contributed by atoms with Gasteiger partial charge in [-0.3, -0.25) is 20.2 Å². The van der Waals surface area contributed by atoms with Crippen LogP contribution >= 0.6 is 11.6 Å². The summed E-state index contributed by atoms with van der Waals surface area (Å²) in [6, 6.07) is 0. The van der Waals surface area contributed by atoms with Crippen LogP contribution in [0.15, 0.2) is 0 Å². The summed E-state index contributed by atoms with van der Waals surface area (Å²) in [5.74, 6) is -0.164. The summed E-state index contributed by atoms with van der Waals surface area (Å²) >= 11 is 5.88. The first-order valence-corrected chi connectivity index (χ1v) is 11.4. The molecule has 4 aliphatic carbocycles. The molecule has 170 valence electrons. The molecular weight excluding hydrogens is 415 g/mol. The topological polar surface area (TPSA) is 101 Å². The van der Waals surface area contributed by atoms with Gasteiger partial charge in [0.15, 0.2) is 0 Å². The zero-order valence-electron chi connectivity index (χ0n) is 17.3. The standard InChI is InChI=1S/C20H32ClFN4O4/c1-2-29-17-7-23-15(6-24-17)25-18(28)19-9-20(10-19,11-19)26-16(27)8-30-12-3-4-13(21)14(22)5-12/h12-15,17,23-24H,2-11H2,1H3,(H,25,28)(H,26,27). The van der Waals surface area contributed by atoms with Crippen LogP contribution in [0.1, 0.15) is 45.4 Å². The monoisotopic (exact) mass is 446 g/mol. The van der Waals surface area contributed by atoms with E-state index in [4.69, 9.17) is 21.1 Å². The summed E-state index contributed by atoms with van der Waals surface area (Å²) in [6.45, 7) is 3.76. The molecule has 4 N–H and O–H groups in total. The summed E-state index contributed by atoms with van der Waals surface area (Å²) in [4.78, 5) is 24.9. The van der Waals surface area contributed by atoms with Gasteiger partial charge in [-0.2, -0.15) is 0 Å². The van der Waals surface area contributed by atoms with E-state index in [9.17, 15) is 14.0 Å². The van der Waals surface area contributed by atoms with Crippen molar-refractivity contribution in [1.82, 2.24) is 21.3 Å². The summed E-state index contributed by atoms with van der Waals surface area (Å²) in [7, 11) is 0. The third-order valence-electron chi connectivity index (χ3n) is 6.78. The zero-order valence-corrected chi connectivity index (χ0v) is 18.1. The maximum atomic E-state index is 13.7. The fourth-order valence-corrected chi connectivity index (χ4v) is 5.48. The lowest BCUT2D eigenvalue weighted by Crippen LogP contribution is -2.79. The minimum Gasteiger partial charge on any atom is -0.368 e. The van der Waals surface area contributed by atoms with Crippen LogP contribution in [0.3, 0.4) is 0 Å². The fraction of sp³-hybridized carbons (Fsp3) is 0.900. The van der Waals surface area contributed by atoms with Crippen molar-refractivity contribution in [2.24, 2.45) is 5.41 Å². The molecule has 0 aromatic rings. The minimum atomic E-state index is -1.08. The van der Waals surface area contributed by atoms with Gasteiger partial charge in [-0.15, -0.1) is 11.6 Å². The van der Waals surface area contributed by atoms with Crippen molar-refractivity contribution in [3.8, 4) is 0 Å². The molecule has 5 aliphatic rings. The second-order valence-electron chi connectivity index (χ2n) is 9.20. The Morgan fingerprint density at radius 2 is 1.93 bits per heavy atom. The zero-order chi connectivity index (χ0) is 21.4. The SMILES string of the molecule is CCOC1CNC(NC(=O)C23CC(NC(=O)COC4CCC(Cl)C(F)C4)(C2)C3)CN1. The normalized spacial score (nSPS) is 42.6. The maximum Gasteiger partial charge on any atom is 0.246 e. The summed E-state index contributed by atoms with van der Waals surface area (Å²) in [5.41, 5.74) is -0.653. The fourth-order valence-electron chi connectivity index (χ4n) is 5.26. The van der Waals surface area contributed by atoms with E-state index in [-0.39, 0.29) is 54.3 Å². The third kappa shape index (κ3) is 4.60. The molecule has 0 aromatic carbocycles. The molecule has 8 nitrogen and oxygen atoms in total. The Morgan fingerprint density at radius 3 is 2.57 bits per heavy atom. The lowest BCUT2D eigenvalue weighted by Gasteiger charge is -2.69. The van der Waals surface area contributed by atoms with Crippen LogP contribution in [0.25, 0.3) is 0 Å². The van der Waals surface area contributed by atoms with Crippen LogP contribution in [0.2, 0.25) is 0 Å². The van der Waals surface area contributed by atoms with Gasteiger partial charge in [0.2, 0.25) is 11.8 Å². The number of rotatable bonds is 8. The Bertz CT molecular complexity index is 641. The average molecular weight is 447 g/mol. The molecule has 5 rings (SSSR count). The largest absolute Gasteiger partial charge is 0.368 e. The van der Waals surface area contributed by atoms with Crippen molar-refractivity contribution in [2.45, 2.75) is 81.0 Å². The number of nitrogens with one attached hydrogen (secondary N) is 4. The van der Waals surface area contributed by atoms with E-state index in [1.165, 1.54) is 0 Å². The average Bonchev–Trinajstić information content (AvgIpc) is 2.66. The van der Waals surface area contributed by atoms with Crippen molar-refractivity contribution in [1.29, 1.82) is 0 Å². The second kappa shape index (κ2) is 8.86. The molecule has 5 atom stereocenters. The van der Waals surface area contributed by atoms with Gasteiger partial charge in [0.05, 0.1) is 23.1 Å². The van der Waals surface area contributed by atoms with Crippen molar-refractivity contribution in [3.05, 3.63) is 0 Å². The van der Waals surface area contributed by atoms with Gasteiger partial charge in [-0.1, -0.05) is 0 Å². The van der Waals surface area contributed by atoms with Gasteiger partial charge in [0.1, 0.15) is 19.0 Å². The Labute approximate surface area is 181 Å². The van der Waals surface area contributed by atoms with Gasteiger partial charge in [-0.05, 0) is 39.0 Å². The number of piperazine rings is 1. The number of amides is 2. The summed E-state index contributed by atoms with van der Waals surface area (Å²) < 4.78 is 24.7. The highest BCUT2D eigenvalue weighted by atomic mass is 35.5. The molecular formula is C20H32ClFN4O4.